The zero-order valence-corrected chi connectivity index (χ0v) is 18.5. The molecule has 2 saturated heterocycles. The van der Waals surface area contributed by atoms with E-state index >= 15 is 0 Å². The van der Waals surface area contributed by atoms with Crippen molar-refractivity contribution in [3.05, 3.63) is 35.0 Å². The van der Waals surface area contributed by atoms with Crippen molar-refractivity contribution in [2.75, 3.05) is 24.6 Å². The summed E-state index contributed by atoms with van der Waals surface area (Å²) >= 11 is 0. The first-order chi connectivity index (χ1) is 14.9. The van der Waals surface area contributed by atoms with Gasteiger partial charge in [-0.25, -0.2) is 4.21 Å². The third-order valence-electron chi connectivity index (χ3n) is 6.44. The average Bonchev–Trinajstić information content (AvgIpc) is 3.39. The van der Waals surface area contributed by atoms with Crippen LogP contribution in [0, 0.1) is 11.8 Å². The van der Waals surface area contributed by atoms with Crippen molar-refractivity contribution in [3.8, 4) is 0 Å². The fraction of sp³-hybridized carbons (Fsp3) is 0.619. The van der Waals surface area contributed by atoms with Crippen molar-refractivity contribution in [2.45, 2.75) is 45.6 Å². The van der Waals surface area contributed by atoms with Crippen molar-refractivity contribution in [3.63, 3.8) is 0 Å². The van der Waals surface area contributed by atoms with E-state index in [-0.39, 0.29) is 23.4 Å². The minimum absolute atomic E-state index is 0.0661. The second-order valence-corrected chi connectivity index (χ2v) is 11.3. The van der Waals surface area contributed by atoms with E-state index in [4.69, 9.17) is 4.42 Å². The standard InChI is InChI=1S/C21H27N5O4S/c1-2-26-11-17(22-24-26)20(27)23-31(29)12-14-7-15(13-31)10-25(9-14)21(28)19-8-16-5-3-4-6-18(16)30-19/h8,11,14-15H,2-7,9-10,12-13H2,1H3. The van der Waals surface area contributed by atoms with Gasteiger partial charge < -0.3 is 9.32 Å². The Morgan fingerprint density at radius 2 is 1.97 bits per heavy atom. The molecule has 0 aromatic carbocycles. The molecule has 1 aliphatic carbocycles. The van der Waals surface area contributed by atoms with E-state index in [2.05, 4.69) is 14.7 Å². The molecule has 31 heavy (non-hydrogen) atoms. The Morgan fingerprint density at radius 1 is 1.23 bits per heavy atom. The average molecular weight is 446 g/mol. The first-order valence-corrected chi connectivity index (χ1v) is 12.9. The summed E-state index contributed by atoms with van der Waals surface area (Å²) in [5.74, 6) is 1.51. The van der Waals surface area contributed by atoms with Gasteiger partial charge in [0.05, 0.1) is 15.9 Å². The smallest absolute Gasteiger partial charge is 0.307 e. The molecule has 5 rings (SSSR count). The SMILES string of the molecule is CCn1cc(C(=O)N=S2(=O)CC3CC(CN(C(=O)c4cc5c(o4)CCCC5)C3)C2)nn1. The molecule has 2 amide bonds. The predicted molar refractivity (Wildman–Crippen MR) is 113 cm³/mol. The van der Waals surface area contributed by atoms with Crippen molar-refractivity contribution in [1.29, 1.82) is 0 Å². The van der Waals surface area contributed by atoms with Gasteiger partial charge in [-0.05, 0) is 56.1 Å². The minimum Gasteiger partial charge on any atom is -0.456 e. The van der Waals surface area contributed by atoms with Gasteiger partial charge in [0.25, 0.3) is 5.91 Å². The van der Waals surface area contributed by atoms with Gasteiger partial charge in [0, 0.05) is 37.6 Å². The van der Waals surface area contributed by atoms with Crippen LogP contribution in [-0.2, 0) is 29.1 Å². The number of furan rings is 1. The molecule has 2 fully saturated rings. The Hall–Kier alpha value is -2.49. The third-order valence-corrected chi connectivity index (χ3v) is 8.92. The molecule has 0 N–H and O–H groups in total. The number of carbonyl (C=O) groups excluding carboxylic acids is 2. The fourth-order valence-electron chi connectivity index (χ4n) is 5.11. The number of aromatic nitrogens is 3. The summed E-state index contributed by atoms with van der Waals surface area (Å²) in [6.45, 7) is 3.54. The quantitative estimate of drug-likeness (QED) is 0.716. The summed E-state index contributed by atoms with van der Waals surface area (Å²) in [5, 5.41) is 7.68. The number of hydrogen-bond donors (Lipinski definition) is 0. The molecular formula is C21H27N5O4S. The van der Waals surface area contributed by atoms with Gasteiger partial charge in [-0.3, -0.25) is 14.3 Å². The molecule has 4 heterocycles. The number of nitrogens with zero attached hydrogens (tertiary/aromatic N) is 5. The molecule has 3 aliphatic rings. The molecule has 10 heteroatoms. The number of fused-ring (bicyclic) bond motifs is 3. The van der Waals surface area contributed by atoms with Gasteiger partial charge >= 0.3 is 5.91 Å². The molecule has 2 unspecified atom stereocenters. The van der Waals surface area contributed by atoms with Crippen molar-refractivity contribution in [2.24, 2.45) is 16.2 Å². The van der Waals surface area contributed by atoms with E-state index in [0.717, 1.165) is 43.4 Å². The van der Waals surface area contributed by atoms with Crippen LogP contribution in [-0.4, -0.2) is 60.5 Å². The summed E-state index contributed by atoms with van der Waals surface area (Å²) in [5.41, 5.74) is 1.28. The number of amides is 2. The molecule has 2 atom stereocenters. The van der Waals surface area contributed by atoms with Crippen LogP contribution < -0.4 is 0 Å². The van der Waals surface area contributed by atoms with Crippen LogP contribution in [0.3, 0.4) is 0 Å². The zero-order valence-electron chi connectivity index (χ0n) is 17.7. The van der Waals surface area contributed by atoms with Crippen LogP contribution in [0.15, 0.2) is 21.0 Å². The van der Waals surface area contributed by atoms with Crippen molar-refractivity contribution in [1.82, 2.24) is 19.9 Å². The number of carbonyl (C=O) groups is 2. The largest absolute Gasteiger partial charge is 0.456 e. The molecule has 166 valence electrons. The fourth-order valence-corrected chi connectivity index (χ4v) is 7.74. The maximum atomic E-state index is 13.4. The Labute approximate surface area is 181 Å². The second kappa shape index (κ2) is 7.89. The first-order valence-electron chi connectivity index (χ1n) is 11.0. The number of rotatable bonds is 3. The minimum atomic E-state index is -2.67. The van der Waals surface area contributed by atoms with E-state index in [0.29, 0.717) is 36.9 Å². The van der Waals surface area contributed by atoms with Gasteiger partial charge in [0.2, 0.25) is 0 Å². The topological polar surface area (TPSA) is 111 Å². The summed E-state index contributed by atoms with van der Waals surface area (Å²) in [4.78, 5) is 27.4. The van der Waals surface area contributed by atoms with E-state index in [1.807, 2.05) is 17.9 Å². The van der Waals surface area contributed by atoms with Crippen LogP contribution in [0.25, 0.3) is 0 Å². The molecule has 0 saturated carbocycles. The lowest BCUT2D eigenvalue weighted by Gasteiger charge is -2.41. The van der Waals surface area contributed by atoms with Crippen molar-refractivity contribution >= 4 is 21.5 Å². The molecule has 9 nitrogen and oxygen atoms in total. The number of hydrogen-bond acceptors (Lipinski definition) is 6. The Balaban J connectivity index is 1.30. The van der Waals surface area contributed by atoms with Gasteiger partial charge in [-0.2, -0.15) is 4.36 Å². The third kappa shape index (κ3) is 4.05. The van der Waals surface area contributed by atoms with Gasteiger partial charge in [0.15, 0.2) is 11.5 Å². The normalized spacial score (nSPS) is 27.6. The molecule has 0 spiro atoms. The molecule has 2 aliphatic heterocycles. The Bertz CT molecular complexity index is 1100. The molecule has 2 aromatic rings. The van der Waals surface area contributed by atoms with Gasteiger partial charge in [-0.15, -0.1) is 5.10 Å². The second-order valence-electron chi connectivity index (χ2n) is 8.91. The lowest BCUT2D eigenvalue weighted by Crippen LogP contribution is -2.50. The molecule has 2 aromatic heterocycles. The lowest BCUT2D eigenvalue weighted by molar-refractivity contribution is 0.0584. The maximum absolute atomic E-state index is 13.4. The maximum Gasteiger partial charge on any atom is 0.307 e. The van der Waals surface area contributed by atoms with E-state index < -0.39 is 15.6 Å². The molecule has 2 bridgehead atoms. The Kier molecular flexibility index (Phi) is 5.19. The zero-order chi connectivity index (χ0) is 21.6. The summed E-state index contributed by atoms with van der Waals surface area (Å²) in [6.07, 6.45) is 6.55. The van der Waals surface area contributed by atoms with Crippen LogP contribution in [0.5, 0.6) is 0 Å². The highest BCUT2D eigenvalue weighted by Gasteiger charge is 2.39. The molecular weight excluding hydrogens is 418 g/mol. The van der Waals surface area contributed by atoms with Crippen LogP contribution in [0.4, 0.5) is 0 Å². The molecule has 0 radical (unpaired) electrons. The highest BCUT2D eigenvalue weighted by molar-refractivity contribution is 7.94. The summed E-state index contributed by atoms with van der Waals surface area (Å²) in [7, 11) is -2.67. The van der Waals surface area contributed by atoms with Gasteiger partial charge in [-0.1, -0.05) is 5.21 Å². The van der Waals surface area contributed by atoms with Crippen LogP contribution in [0.1, 0.15) is 58.6 Å². The highest BCUT2D eigenvalue weighted by Crippen LogP contribution is 2.33. The van der Waals surface area contributed by atoms with Gasteiger partial charge in [0.1, 0.15) is 5.76 Å². The summed E-state index contributed by atoms with van der Waals surface area (Å²) < 4.78 is 24.9. The first kappa shape index (κ1) is 20.4. The monoisotopic (exact) mass is 445 g/mol. The van der Waals surface area contributed by atoms with Crippen LogP contribution >= 0.6 is 0 Å². The van der Waals surface area contributed by atoms with Crippen LogP contribution in [0.2, 0.25) is 0 Å². The summed E-state index contributed by atoms with van der Waals surface area (Å²) in [6, 6.07) is 1.90. The van der Waals surface area contributed by atoms with Crippen molar-refractivity contribution < 1.29 is 18.2 Å². The number of aryl methyl sites for hydroxylation is 3. The predicted octanol–water partition coefficient (Wildman–Crippen LogP) is 2.17. The van der Waals surface area contributed by atoms with E-state index in [1.165, 1.54) is 6.20 Å². The highest BCUT2D eigenvalue weighted by atomic mass is 32.2. The van der Waals surface area contributed by atoms with E-state index in [9.17, 15) is 13.8 Å². The number of piperidine rings is 1. The number of likely N-dealkylation sites (tertiary alicyclic amines) is 1. The Morgan fingerprint density at radius 3 is 2.65 bits per heavy atom. The lowest BCUT2D eigenvalue weighted by atomic mass is 9.91. The van der Waals surface area contributed by atoms with E-state index in [1.54, 1.807) is 4.68 Å².